The summed E-state index contributed by atoms with van der Waals surface area (Å²) in [5.41, 5.74) is 0. The van der Waals surface area contributed by atoms with E-state index in [1.165, 1.54) is 0 Å². The van der Waals surface area contributed by atoms with Gasteiger partial charge in [0.25, 0.3) is 0 Å². The Labute approximate surface area is 90.0 Å². The molecule has 74 valence electrons. The Hall–Kier alpha value is 0.280. The third-order valence-electron chi connectivity index (χ3n) is 2.14. The van der Waals surface area contributed by atoms with Gasteiger partial charge in [-0.15, -0.1) is 0 Å². The average molecular weight is 298 g/mol. The van der Waals surface area contributed by atoms with Crippen molar-refractivity contribution in [3.8, 4) is 0 Å². The molecule has 0 saturated carbocycles. The molecular weight excluding hydrogens is 287 g/mol. The van der Waals surface area contributed by atoms with E-state index in [0.717, 1.165) is 6.29 Å². The largest absolute Gasteiger partial charge is 0.341 e. The Morgan fingerprint density at radius 3 is 2.62 bits per heavy atom. The van der Waals surface area contributed by atoms with Crippen LogP contribution in [0.2, 0.25) is 0 Å². The van der Waals surface area contributed by atoms with Gasteiger partial charge in [0.15, 0.2) is 12.1 Å². The lowest BCUT2D eigenvalue weighted by Crippen LogP contribution is -2.30. The number of carbonyl (C=O) groups excluding carboxylic acids is 1. The molecule has 4 nitrogen and oxygen atoms in total. The summed E-state index contributed by atoms with van der Waals surface area (Å²) in [7, 11) is 0. The van der Waals surface area contributed by atoms with E-state index in [1.807, 2.05) is 13.8 Å². The normalized spacial score (nSPS) is 47.6. The molecule has 0 aromatic rings. The van der Waals surface area contributed by atoms with E-state index in [1.54, 1.807) is 0 Å². The maximum atomic E-state index is 10.6. The minimum atomic E-state index is -0.591. The SMILES string of the molecule is CC1(C)O[C@H]2O[C@H](C=O)[C@H](I)[C@H]2O1. The van der Waals surface area contributed by atoms with Crippen molar-refractivity contribution >= 4 is 28.9 Å². The minimum absolute atomic E-state index is 0.0434. The maximum Gasteiger partial charge on any atom is 0.189 e. The lowest BCUT2D eigenvalue weighted by Gasteiger charge is -2.20. The fourth-order valence-electron chi connectivity index (χ4n) is 1.60. The molecule has 0 bridgehead atoms. The lowest BCUT2D eigenvalue weighted by molar-refractivity contribution is -0.201. The summed E-state index contributed by atoms with van der Waals surface area (Å²) >= 11 is 2.17. The molecule has 0 radical (unpaired) electrons. The first-order valence-electron chi connectivity index (χ1n) is 4.14. The Kier molecular flexibility index (Phi) is 2.38. The van der Waals surface area contributed by atoms with Crippen molar-refractivity contribution < 1.29 is 19.0 Å². The van der Waals surface area contributed by atoms with Gasteiger partial charge in [0.1, 0.15) is 18.5 Å². The highest BCUT2D eigenvalue weighted by Crippen LogP contribution is 2.39. The van der Waals surface area contributed by atoms with Gasteiger partial charge in [-0.2, -0.15) is 0 Å². The predicted octanol–water partition coefficient (Wildman–Crippen LogP) is 0.865. The molecule has 5 heteroatoms. The first-order chi connectivity index (χ1) is 6.03. The quantitative estimate of drug-likeness (QED) is 0.409. The molecule has 0 N–H and O–H groups in total. The predicted molar refractivity (Wildman–Crippen MR) is 52.6 cm³/mol. The number of hydrogen-bond acceptors (Lipinski definition) is 4. The highest BCUT2D eigenvalue weighted by Gasteiger charge is 2.53. The van der Waals surface area contributed by atoms with Gasteiger partial charge in [-0.1, -0.05) is 22.6 Å². The van der Waals surface area contributed by atoms with E-state index in [4.69, 9.17) is 14.2 Å². The van der Waals surface area contributed by atoms with Crippen LogP contribution in [0.15, 0.2) is 0 Å². The first-order valence-corrected chi connectivity index (χ1v) is 5.38. The minimum Gasteiger partial charge on any atom is -0.341 e. The van der Waals surface area contributed by atoms with Crippen LogP contribution in [0.25, 0.3) is 0 Å². The summed E-state index contributed by atoms with van der Waals surface area (Å²) in [6.45, 7) is 3.68. The Morgan fingerprint density at radius 2 is 2.08 bits per heavy atom. The van der Waals surface area contributed by atoms with Gasteiger partial charge in [0.05, 0.1) is 3.92 Å². The average Bonchev–Trinajstić information content (AvgIpc) is 2.47. The van der Waals surface area contributed by atoms with Crippen LogP contribution in [0.3, 0.4) is 0 Å². The molecule has 0 aromatic heterocycles. The van der Waals surface area contributed by atoms with Crippen LogP contribution < -0.4 is 0 Å². The number of hydrogen-bond donors (Lipinski definition) is 0. The number of aldehydes is 1. The molecule has 0 amide bonds. The van der Waals surface area contributed by atoms with E-state index in [2.05, 4.69) is 22.6 Å². The van der Waals surface area contributed by atoms with Crippen LogP contribution in [-0.4, -0.2) is 34.5 Å². The highest BCUT2D eigenvalue weighted by molar-refractivity contribution is 14.1. The zero-order chi connectivity index (χ0) is 9.64. The van der Waals surface area contributed by atoms with Crippen molar-refractivity contribution in [3.63, 3.8) is 0 Å². The van der Waals surface area contributed by atoms with Crippen molar-refractivity contribution in [1.82, 2.24) is 0 Å². The van der Waals surface area contributed by atoms with Crippen molar-refractivity contribution in [2.24, 2.45) is 0 Å². The summed E-state index contributed by atoms with van der Waals surface area (Å²) in [5, 5.41) is 0. The zero-order valence-electron chi connectivity index (χ0n) is 7.40. The summed E-state index contributed by atoms with van der Waals surface area (Å²) in [6.07, 6.45) is -0.0978. The summed E-state index contributed by atoms with van der Waals surface area (Å²) in [4.78, 5) is 10.6. The van der Waals surface area contributed by atoms with Gasteiger partial charge in [0.2, 0.25) is 0 Å². The fraction of sp³-hybridized carbons (Fsp3) is 0.875. The number of fused-ring (bicyclic) bond motifs is 1. The van der Waals surface area contributed by atoms with Crippen LogP contribution >= 0.6 is 22.6 Å². The third kappa shape index (κ3) is 1.62. The second kappa shape index (κ2) is 3.15. The van der Waals surface area contributed by atoms with E-state index >= 15 is 0 Å². The number of rotatable bonds is 1. The van der Waals surface area contributed by atoms with Crippen LogP contribution in [0.4, 0.5) is 0 Å². The first kappa shape index (κ1) is 9.82. The van der Waals surface area contributed by atoms with Crippen molar-refractivity contribution in [2.45, 2.75) is 42.1 Å². The molecule has 0 unspecified atom stereocenters. The summed E-state index contributed by atoms with van der Waals surface area (Å²) in [5.74, 6) is -0.591. The lowest BCUT2D eigenvalue weighted by atomic mass is 10.2. The molecule has 0 spiro atoms. The smallest absolute Gasteiger partial charge is 0.189 e. The number of halogens is 1. The highest BCUT2D eigenvalue weighted by atomic mass is 127. The van der Waals surface area contributed by atoms with E-state index < -0.39 is 11.9 Å². The van der Waals surface area contributed by atoms with E-state index in [0.29, 0.717) is 0 Å². The molecule has 2 aliphatic rings. The monoisotopic (exact) mass is 298 g/mol. The van der Waals surface area contributed by atoms with E-state index in [-0.39, 0.29) is 16.3 Å². The standard InChI is InChI=1S/C8H11IO4/c1-8(2)12-6-5(9)4(3-10)11-7(6)13-8/h3-7H,1-2H3/t4-,5+,6-,7-/m1/s1. The second-order valence-electron chi connectivity index (χ2n) is 3.65. The molecule has 2 heterocycles. The van der Waals surface area contributed by atoms with Gasteiger partial charge < -0.3 is 19.0 Å². The van der Waals surface area contributed by atoms with Crippen molar-refractivity contribution in [1.29, 1.82) is 0 Å². The zero-order valence-corrected chi connectivity index (χ0v) is 9.56. The van der Waals surface area contributed by atoms with Crippen LogP contribution in [0, 0.1) is 0 Å². The summed E-state index contributed by atoms with van der Waals surface area (Å²) in [6, 6.07) is 0. The molecule has 2 saturated heterocycles. The molecule has 2 rings (SSSR count). The fourth-order valence-corrected chi connectivity index (χ4v) is 2.43. The number of carbonyl (C=O) groups is 1. The van der Waals surface area contributed by atoms with Gasteiger partial charge in [-0.05, 0) is 13.8 Å². The van der Waals surface area contributed by atoms with Crippen LogP contribution in [-0.2, 0) is 19.0 Å². The molecule has 13 heavy (non-hydrogen) atoms. The molecule has 0 aromatic carbocycles. The molecule has 2 fully saturated rings. The van der Waals surface area contributed by atoms with Crippen molar-refractivity contribution in [2.75, 3.05) is 0 Å². The van der Waals surface area contributed by atoms with Crippen LogP contribution in [0.5, 0.6) is 0 Å². The maximum absolute atomic E-state index is 10.6. The Morgan fingerprint density at radius 1 is 1.38 bits per heavy atom. The molecule has 2 aliphatic heterocycles. The number of alkyl halides is 1. The van der Waals surface area contributed by atoms with Gasteiger partial charge >= 0.3 is 0 Å². The van der Waals surface area contributed by atoms with Crippen molar-refractivity contribution in [3.05, 3.63) is 0 Å². The van der Waals surface area contributed by atoms with Gasteiger partial charge in [0, 0.05) is 0 Å². The third-order valence-corrected chi connectivity index (χ3v) is 3.56. The Bertz CT molecular complexity index is 230. The Balaban J connectivity index is 2.11. The molecular formula is C8H11IO4. The summed E-state index contributed by atoms with van der Waals surface area (Å²) < 4.78 is 16.5. The van der Waals surface area contributed by atoms with Crippen LogP contribution in [0.1, 0.15) is 13.8 Å². The van der Waals surface area contributed by atoms with Gasteiger partial charge in [-0.25, -0.2) is 0 Å². The van der Waals surface area contributed by atoms with E-state index in [9.17, 15) is 4.79 Å². The molecule has 0 aliphatic carbocycles. The second-order valence-corrected chi connectivity index (χ2v) is 5.09. The number of ether oxygens (including phenoxy) is 3. The topological polar surface area (TPSA) is 44.8 Å². The van der Waals surface area contributed by atoms with Gasteiger partial charge in [-0.3, -0.25) is 0 Å². The molecule has 4 atom stereocenters.